The number of rotatable bonds is 12. The second-order valence-electron chi connectivity index (χ2n) is 11.2. The van der Waals surface area contributed by atoms with Crippen LogP contribution in [0.4, 0.5) is 0 Å². The summed E-state index contributed by atoms with van der Waals surface area (Å²) in [4.78, 5) is 33.8. The summed E-state index contributed by atoms with van der Waals surface area (Å²) in [6, 6.07) is 27.4. The van der Waals surface area contributed by atoms with E-state index in [0.717, 1.165) is 55.9 Å². The molecule has 45 heavy (non-hydrogen) atoms. The second kappa shape index (κ2) is 14.5. The van der Waals surface area contributed by atoms with Crippen LogP contribution in [-0.2, 0) is 41.4 Å². The Labute approximate surface area is 269 Å². The highest BCUT2D eigenvalue weighted by molar-refractivity contribution is 6.17. The minimum Gasteiger partial charge on any atom is -0.456 e. The number of hydrogen-bond donors (Lipinski definition) is 2. The number of alkyl halides is 1. The fourth-order valence-corrected chi connectivity index (χ4v) is 6.17. The van der Waals surface area contributed by atoms with E-state index in [1.54, 1.807) is 0 Å². The molecule has 0 saturated carbocycles. The monoisotopic (exact) mass is 622 g/mol. The number of carbonyl (C=O) groups is 2. The van der Waals surface area contributed by atoms with Gasteiger partial charge in [-0.2, -0.15) is 0 Å². The first-order chi connectivity index (χ1) is 21.9. The zero-order valence-corrected chi connectivity index (χ0v) is 27.0. The van der Waals surface area contributed by atoms with Gasteiger partial charge in [0, 0.05) is 17.3 Å². The number of H-pyrrole nitrogens is 2. The number of halogens is 1. The summed E-state index contributed by atoms with van der Waals surface area (Å²) >= 11 is 6.14. The van der Waals surface area contributed by atoms with E-state index in [4.69, 9.17) is 21.1 Å². The molecule has 2 aromatic heterocycles. The van der Waals surface area contributed by atoms with Gasteiger partial charge < -0.3 is 19.4 Å². The van der Waals surface area contributed by atoms with Crippen molar-refractivity contribution in [1.29, 1.82) is 0 Å². The lowest BCUT2D eigenvalue weighted by Crippen LogP contribution is -2.11. The minimum atomic E-state index is -0.405. The summed E-state index contributed by atoms with van der Waals surface area (Å²) in [5.74, 6) is -0.721. The SMILES string of the molecule is CCc1c(C(c2ccc(CCl)cc2)c2[nH]c(C(=O)OCc3ccccc3)c(C)c2CC)[nH]c(C(=O)OCc2ccccc2)c1C. The van der Waals surface area contributed by atoms with Gasteiger partial charge in [-0.05, 0) is 71.2 Å². The van der Waals surface area contributed by atoms with Gasteiger partial charge >= 0.3 is 11.9 Å². The van der Waals surface area contributed by atoms with Crippen molar-refractivity contribution in [2.24, 2.45) is 0 Å². The van der Waals surface area contributed by atoms with Gasteiger partial charge in [-0.3, -0.25) is 0 Å². The molecule has 2 N–H and O–H groups in total. The largest absolute Gasteiger partial charge is 0.456 e. The molecular formula is C38H39ClN2O4. The molecule has 0 aliphatic rings. The van der Waals surface area contributed by atoms with E-state index in [-0.39, 0.29) is 19.1 Å². The van der Waals surface area contributed by atoms with Crippen LogP contribution in [0.15, 0.2) is 84.9 Å². The smallest absolute Gasteiger partial charge is 0.355 e. The van der Waals surface area contributed by atoms with Gasteiger partial charge in [-0.15, -0.1) is 11.6 Å². The molecule has 0 amide bonds. The molecule has 2 heterocycles. The zero-order valence-electron chi connectivity index (χ0n) is 26.2. The number of benzene rings is 3. The molecule has 5 aromatic rings. The summed E-state index contributed by atoms with van der Waals surface area (Å²) in [6.07, 6.45) is 1.40. The lowest BCUT2D eigenvalue weighted by atomic mass is 9.86. The lowest BCUT2D eigenvalue weighted by Gasteiger charge is -2.20. The van der Waals surface area contributed by atoms with E-state index in [1.165, 1.54) is 0 Å². The molecule has 0 bridgehead atoms. The Morgan fingerprint density at radius 2 is 1.07 bits per heavy atom. The Bertz CT molecular complexity index is 1650. The van der Waals surface area contributed by atoms with Crippen LogP contribution < -0.4 is 0 Å². The van der Waals surface area contributed by atoms with Crippen LogP contribution in [-0.4, -0.2) is 21.9 Å². The molecule has 0 radical (unpaired) electrons. The molecule has 0 aliphatic carbocycles. The van der Waals surface area contributed by atoms with Crippen LogP contribution in [0.5, 0.6) is 0 Å². The molecule has 0 fully saturated rings. The third-order valence-electron chi connectivity index (χ3n) is 8.41. The molecule has 0 atom stereocenters. The highest BCUT2D eigenvalue weighted by Crippen LogP contribution is 2.39. The summed E-state index contributed by atoms with van der Waals surface area (Å²) in [5, 5.41) is 0. The van der Waals surface area contributed by atoms with Gasteiger partial charge in [0.2, 0.25) is 0 Å². The molecule has 7 heteroatoms. The van der Waals surface area contributed by atoms with Crippen LogP contribution in [0.25, 0.3) is 0 Å². The first-order valence-corrected chi connectivity index (χ1v) is 15.9. The fraction of sp³-hybridized carbons (Fsp3) is 0.263. The minimum absolute atomic E-state index is 0.183. The van der Waals surface area contributed by atoms with Gasteiger partial charge in [0.05, 0.1) is 5.92 Å². The standard InChI is InChI=1S/C38H39ClN2O4/c1-5-30-24(3)33(37(42)44-22-27-13-9-7-10-14-27)40-35(30)32(29-19-17-26(21-39)18-20-29)36-31(6-2)25(4)34(41-36)38(43)45-23-28-15-11-8-12-16-28/h7-20,32,40-41H,5-6,21-23H2,1-4H3. The van der Waals surface area contributed by atoms with Crippen molar-refractivity contribution in [3.05, 3.63) is 152 Å². The summed E-state index contributed by atoms with van der Waals surface area (Å²) in [5.41, 5.74) is 10.3. The first-order valence-electron chi connectivity index (χ1n) is 15.4. The summed E-state index contributed by atoms with van der Waals surface area (Å²) in [7, 11) is 0. The number of ether oxygens (including phenoxy) is 2. The lowest BCUT2D eigenvalue weighted by molar-refractivity contribution is 0.0457. The number of carbonyl (C=O) groups excluding carboxylic acids is 2. The molecule has 0 saturated heterocycles. The molecular weight excluding hydrogens is 584 g/mol. The molecule has 0 aliphatic heterocycles. The summed E-state index contributed by atoms with van der Waals surface area (Å²) in [6.45, 7) is 8.45. The van der Waals surface area contributed by atoms with E-state index in [1.807, 2.05) is 86.6 Å². The predicted molar refractivity (Wildman–Crippen MR) is 178 cm³/mol. The van der Waals surface area contributed by atoms with Crippen molar-refractivity contribution in [2.45, 2.75) is 65.5 Å². The van der Waals surface area contributed by atoms with E-state index < -0.39 is 11.9 Å². The maximum Gasteiger partial charge on any atom is 0.355 e. The van der Waals surface area contributed by atoms with Crippen molar-refractivity contribution in [3.63, 3.8) is 0 Å². The second-order valence-corrected chi connectivity index (χ2v) is 11.4. The Kier molecular flexibility index (Phi) is 10.3. The van der Waals surface area contributed by atoms with Gasteiger partial charge in [0.1, 0.15) is 24.6 Å². The highest BCUT2D eigenvalue weighted by atomic mass is 35.5. The number of esters is 2. The summed E-state index contributed by atoms with van der Waals surface area (Å²) < 4.78 is 11.5. The van der Waals surface area contributed by atoms with Gasteiger partial charge in [0.25, 0.3) is 0 Å². The molecule has 5 rings (SSSR count). The maximum atomic E-state index is 13.4. The maximum absolute atomic E-state index is 13.4. The molecule has 232 valence electrons. The van der Waals surface area contributed by atoms with Crippen molar-refractivity contribution < 1.29 is 19.1 Å². The Morgan fingerprint density at radius 1 is 0.644 bits per heavy atom. The third-order valence-corrected chi connectivity index (χ3v) is 8.72. The first kappa shape index (κ1) is 31.9. The average molecular weight is 623 g/mol. The van der Waals surface area contributed by atoms with Gasteiger partial charge in [-0.25, -0.2) is 9.59 Å². The number of nitrogens with one attached hydrogen (secondary N) is 2. The van der Waals surface area contributed by atoms with Crippen LogP contribution >= 0.6 is 11.6 Å². The van der Waals surface area contributed by atoms with Gasteiger partial charge in [-0.1, -0.05) is 98.8 Å². The van der Waals surface area contributed by atoms with Crippen LogP contribution in [0.1, 0.15) is 96.6 Å². The van der Waals surface area contributed by atoms with Gasteiger partial charge in [0.15, 0.2) is 0 Å². The fourth-order valence-electron chi connectivity index (χ4n) is 5.99. The van der Waals surface area contributed by atoms with Crippen molar-refractivity contribution >= 4 is 23.5 Å². The topological polar surface area (TPSA) is 84.2 Å². The van der Waals surface area contributed by atoms with Crippen molar-refractivity contribution in [2.75, 3.05) is 0 Å². The number of aromatic amines is 2. The van der Waals surface area contributed by atoms with Crippen LogP contribution in [0, 0.1) is 13.8 Å². The molecule has 3 aromatic carbocycles. The quantitative estimate of drug-likeness (QED) is 0.108. The Hall–Kier alpha value is -4.55. The van der Waals surface area contributed by atoms with Crippen molar-refractivity contribution in [1.82, 2.24) is 9.97 Å². The number of hydrogen-bond acceptors (Lipinski definition) is 4. The normalized spacial score (nSPS) is 11.2. The van der Waals surface area contributed by atoms with E-state index in [0.29, 0.717) is 30.1 Å². The van der Waals surface area contributed by atoms with Crippen LogP contribution in [0.2, 0.25) is 0 Å². The average Bonchev–Trinajstić information content (AvgIpc) is 3.59. The van der Waals surface area contributed by atoms with E-state index in [9.17, 15) is 9.59 Å². The Balaban J connectivity index is 1.57. The molecule has 0 spiro atoms. The van der Waals surface area contributed by atoms with Crippen LogP contribution in [0.3, 0.4) is 0 Å². The van der Waals surface area contributed by atoms with E-state index >= 15 is 0 Å². The third kappa shape index (κ3) is 6.91. The predicted octanol–water partition coefficient (Wildman–Crippen LogP) is 8.72. The molecule has 6 nitrogen and oxygen atoms in total. The van der Waals surface area contributed by atoms with E-state index in [2.05, 4.69) is 35.9 Å². The Morgan fingerprint density at radius 3 is 1.44 bits per heavy atom. The zero-order chi connectivity index (χ0) is 31.9. The highest BCUT2D eigenvalue weighted by Gasteiger charge is 2.31. The van der Waals surface area contributed by atoms with Crippen molar-refractivity contribution in [3.8, 4) is 0 Å². The number of aromatic nitrogens is 2. The molecule has 0 unspecified atom stereocenters.